The molecule has 0 saturated carbocycles. The van der Waals surface area contributed by atoms with E-state index in [-0.39, 0.29) is 17.0 Å². The maximum absolute atomic E-state index is 12.0. The van der Waals surface area contributed by atoms with E-state index in [9.17, 15) is 8.42 Å². The number of rotatable bonds is 2. The fraction of sp³-hybridized carbons (Fsp3) is 0.600. The lowest BCUT2D eigenvalue weighted by atomic mass is 10.1. The Bertz CT molecular complexity index is 659. The number of halogens is 1. The molecule has 0 unspecified atom stereocenters. The van der Waals surface area contributed by atoms with Gasteiger partial charge in [0.15, 0.2) is 9.84 Å². The number of benzene rings is 1. The molecule has 1 aromatic carbocycles. The molecule has 3 rings (SSSR count). The van der Waals surface area contributed by atoms with E-state index in [1.807, 2.05) is 19.1 Å². The molecule has 2 aliphatic heterocycles. The summed E-state index contributed by atoms with van der Waals surface area (Å²) in [6.07, 6.45) is 0.892. The summed E-state index contributed by atoms with van der Waals surface area (Å²) in [5, 5.41) is 0.388. The first-order valence-electron chi connectivity index (χ1n) is 7.28. The van der Waals surface area contributed by atoms with Crippen molar-refractivity contribution in [2.45, 2.75) is 38.1 Å². The van der Waals surface area contributed by atoms with Gasteiger partial charge in [-0.1, -0.05) is 11.6 Å². The van der Waals surface area contributed by atoms with Crippen LogP contribution in [0.2, 0.25) is 5.02 Å². The third kappa shape index (κ3) is 2.79. The predicted molar refractivity (Wildman–Crippen MR) is 83.8 cm³/mol. The second kappa shape index (κ2) is 5.45. The van der Waals surface area contributed by atoms with Crippen LogP contribution in [0.15, 0.2) is 12.1 Å². The van der Waals surface area contributed by atoms with Gasteiger partial charge in [0.2, 0.25) is 0 Å². The molecule has 2 heterocycles. The van der Waals surface area contributed by atoms with Crippen LogP contribution in [0, 0.1) is 0 Å². The van der Waals surface area contributed by atoms with E-state index in [4.69, 9.17) is 16.3 Å². The van der Waals surface area contributed by atoms with E-state index < -0.39 is 9.84 Å². The molecule has 1 aromatic rings. The van der Waals surface area contributed by atoms with Crippen LogP contribution >= 0.6 is 11.6 Å². The van der Waals surface area contributed by atoms with Crippen molar-refractivity contribution < 1.29 is 13.2 Å². The molecule has 6 heteroatoms. The van der Waals surface area contributed by atoms with Gasteiger partial charge in [0.1, 0.15) is 5.75 Å². The zero-order chi connectivity index (χ0) is 15.2. The Morgan fingerprint density at radius 2 is 2.14 bits per heavy atom. The average molecular weight is 330 g/mol. The van der Waals surface area contributed by atoms with Crippen molar-refractivity contribution in [2.24, 2.45) is 0 Å². The molecular weight excluding hydrogens is 310 g/mol. The monoisotopic (exact) mass is 329 g/mol. The minimum atomic E-state index is -2.95. The first kappa shape index (κ1) is 15.1. The molecule has 1 saturated heterocycles. The fourth-order valence-corrected chi connectivity index (χ4v) is 5.03. The van der Waals surface area contributed by atoms with Gasteiger partial charge in [0.25, 0.3) is 0 Å². The molecule has 0 aliphatic carbocycles. The zero-order valence-electron chi connectivity index (χ0n) is 12.3. The summed E-state index contributed by atoms with van der Waals surface area (Å²) >= 11 is 6.19. The number of ether oxygens (including phenoxy) is 1. The van der Waals surface area contributed by atoms with Gasteiger partial charge in [-0.25, -0.2) is 8.42 Å². The van der Waals surface area contributed by atoms with E-state index in [2.05, 4.69) is 4.90 Å². The topological polar surface area (TPSA) is 46.6 Å². The average Bonchev–Trinajstić information content (AvgIpc) is 2.88. The summed E-state index contributed by atoms with van der Waals surface area (Å²) in [6.45, 7) is 5.72. The van der Waals surface area contributed by atoms with Gasteiger partial charge in [0, 0.05) is 36.1 Å². The quantitative estimate of drug-likeness (QED) is 0.835. The Morgan fingerprint density at radius 1 is 1.38 bits per heavy atom. The highest BCUT2D eigenvalue weighted by atomic mass is 35.5. The van der Waals surface area contributed by atoms with Crippen LogP contribution in [0.1, 0.15) is 25.0 Å². The van der Waals surface area contributed by atoms with Gasteiger partial charge in [-0.2, -0.15) is 0 Å². The van der Waals surface area contributed by atoms with Crippen molar-refractivity contribution >= 4 is 21.4 Å². The van der Waals surface area contributed by atoms with Crippen molar-refractivity contribution in [3.63, 3.8) is 0 Å². The molecule has 116 valence electrons. The van der Waals surface area contributed by atoms with Crippen molar-refractivity contribution in [2.75, 3.05) is 18.9 Å². The Hall–Kier alpha value is -0.780. The number of fused-ring (bicyclic) bond motifs is 1. The maximum Gasteiger partial charge on any atom is 0.155 e. The molecule has 2 atom stereocenters. The molecule has 21 heavy (non-hydrogen) atoms. The predicted octanol–water partition coefficient (Wildman–Crippen LogP) is 2.28. The van der Waals surface area contributed by atoms with Crippen molar-refractivity contribution in [1.82, 2.24) is 4.90 Å². The molecule has 0 radical (unpaired) electrons. The van der Waals surface area contributed by atoms with E-state index in [0.717, 1.165) is 28.3 Å². The van der Waals surface area contributed by atoms with Crippen LogP contribution in [0.3, 0.4) is 0 Å². The summed E-state index contributed by atoms with van der Waals surface area (Å²) in [4.78, 5) is 2.21. The maximum atomic E-state index is 12.0. The number of hydrogen-bond acceptors (Lipinski definition) is 4. The number of nitrogens with zero attached hydrogens (tertiary/aromatic N) is 1. The summed E-state index contributed by atoms with van der Waals surface area (Å²) in [6, 6.07) is 3.89. The lowest BCUT2D eigenvalue weighted by molar-refractivity contribution is 0.195. The van der Waals surface area contributed by atoms with Gasteiger partial charge in [0.05, 0.1) is 17.6 Å². The first-order chi connectivity index (χ1) is 9.88. The summed E-state index contributed by atoms with van der Waals surface area (Å²) in [5.41, 5.74) is 2.22. The largest absolute Gasteiger partial charge is 0.493 e. The Labute approximate surface area is 131 Å². The molecule has 0 N–H and O–H groups in total. The highest BCUT2D eigenvalue weighted by Gasteiger charge is 2.36. The van der Waals surface area contributed by atoms with Crippen LogP contribution in [-0.4, -0.2) is 43.5 Å². The molecular formula is C15H20ClNO3S. The molecule has 1 fully saturated rings. The minimum absolute atomic E-state index is 0.000199. The van der Waals surface area contributed by atoms with Crippen LogP contribution in [0.5, 0.6) is 5.75 Å². The Kier molecular flexibility index (Phi) is 3.93. The van der Waals surface area contributed by atoms with Gasteiger partial charge in [-0.15, -0.1) is 0 Å². The van der Waals surface area contributed by atoms with Crippen LogP contribution in [0.4, 0.5) is 0 Å². The molecule has 0 bridgehead atoms. The number of hydrogen-bond donors (Lipinski definition) is 0. The fourth-order valence-electron chi connectivity index (χ4n) is 3.14. The smallest absolute Gasteiger partial charge is 0.155 e. The lowest BCUT2D eigenvalue weighted by Crippen LogP contribution is -2.51. The number of sulfone groups is 1. The van der Waals surface area contributed by atoms with Crippen molar-refractivity contribution in [3.05, 3.63) is 28.3 Å². The Morgan fingerprint density at radius 3 is 2.90 bits per heavy atom. The summed E-state index contributed by atoms with van der Waals surface area (Å²) < 4.78 is 29.6. The van der Waals surface area contributed by atoms with E-state index in [0.29, 0.717) is 19.7 Å². The van der Waals surface area contributed by atoms with Crippen LogP contribution in [-0.2, 0) is 22.8 Å². The lowest BCUT2D eigenvalue weighted by Gasteiger charge is -2.37. The highest BCUT2D eigenvalue weighted by Crippen LogP contribution is 2.34. The second-order valence-electron chi connectivity index (χ2n) is 5.93. The van der Waals surface area contributed by atoms with Gasteiger partial charge < -0.3 is 4.74 Å². The second-order valence-corrected chi connectivity index (χ2v) is 8.85. The third-order valence-corrected chi connectivity index (χ3v) is 7.18. The van der Waals surface area contributed by atoms with E-state index >= 15 is 0 Å². The molecule has 0 amide bonds. The van der Waals surface area contributed by atoms with Gasteiger partial charge in [-0.05, 0) is 31.5 Å². The minimum Gasteiger partial charge on any atom is -0.493 e. The Balaban J connectivity index is 1.85. The van der Waals surface area contributed by atoms with Gasteiger partial charge in [-0.3, -0.25) is 4.90 Å². The van der Waals surface area contributed by atoms with E-state index in [1.165, 1.54) is 0 Å². The van der Waals surface area contributed by atoms with Crippen LogP contribution in [0.25, 0.3) is 0 Å². The van der Waals surface area contributed by atoms with Gasteiger partial charge >= 0.3 is 0 Å². The summed E-state index contributed by atoms with van der Waals surface area (Å²) in [7, 11) is -2.95. The molecule has 4 nitrogen and oxygen atoms in total. The van der Waals surface area contributed by atoms with Crippen LogP contribution < -0.4 is 4.74 Å². The molecule has 2 aliphatic rings. The SMILES string of the molecule is C[C@@H]1[C@H](C)S(=O)(=O)CCN1Cc1cc(Cl)cc2c1OCC2. The third-order valence-electron chi connectivity index (χ3n) is 4.68. The van der Waals surface area contributed by atoms with Crippen molar-refractivity contribution in [1.29, 1.82) is 0 Å². The zero-order valence-corrected chi connectivity index (χ0v) is 13.9. The summed E-state index contributed by atoms with van der Waals surface area (Å²) in [5.74, 6) is 1.16. The highest BCUT2D eigenvalue weighted by molar-refractivity contribution is 7.92. The van der Waals surface area contributed by atoms with Crippen molar-refractivity contribution in [3.8, 4) is 5.75 Å². The van der Waals surface area contributed by atoms with E-state index in [1.54, 1.807) is 6.92 Å². The first-order valence-corrected chi connectivity index (χ1v) is 9.37. The standard InChI is InChI=1S/C15H20ClNO3S/c1-10-11(2)21(18,19)6-4-17(10)9-13-8-14(16)7-12-3-5-20-15(12)13/h7-8,10-11H,3-6,9H2,1-2H3/t10-,11+/m1/s1. The molecule has 0 spiro atoms. The normalized spacial score (nSPS) is 28.1. The molecule has 0 aromatic heterocycles.